The quantitative estimate of drug-likeness (QED) is 0.570. The Morgan fingerprint density at radius 1 is 1.12 bits per heavy atom. The van der Waals surface area contributed by atoms with Crippen LogP contribution in [0, 0.1) is 0 Å². The average Bonchev–Trinajstić information content (AvgIpc) is 2.66. The van der Waals surface area contributed by atoms with Gasteiger partial charge in [0.15, 0.2) is 5.11 Å². The Morgan fingerprint density at radius 2 is 1.81 bits per heavy atom. The van der Waals surface area contributed by atoms with Gasteiger partial charge in [-0.25, -0.2) is 4.79 Å². The fourth-order valence-electron chi connectivity index (χ4n) is 2.17. The Bertz CT molecular complexity index is 749. The van der Waals surface area contributed by atoms with Gasteiger partial charge in [-0.2, -0.15) is 0 Å². The number of benzene rings is 2. The maximum absolute atomic E-state index is 11.6. The van der Waals surface area contributed by atoms with Gasteiger partial charge in [-0.3, -0.25) is 0 Å². The highest BCUT2D eigenvalue weighted by Crippen LogP contribution is 2.17. The van der Waals surface area contributed by atoms with E-state index in [1.165, 1.54) is 7.11 Å². The lowest BCUT2D eigenvalue weighted by Gasteiger charge is -2.18. The van der Waals surface area contributed by atoms with Gasteiger partial charge in [0, 0.05) is 5.69 Å². The Morgan fingerprint density at radius 3 is 2.46 bits per heavy atom. The third-order valence-electron chi connectivity index (χ3n) is 3.48. The van der Waals surface area contributed by atoms with E-state index in [-0.39, 0.29) is 6.04 Å². The molecule has 0 aromatic heterocycles. The molecule has 0 spiro atoms. The molecule has 0 unspecified atom stereocenters. The van der Waals surface area contributed by atoms with Crippen LogP contribution in [-0.4, -0.2) is 38.0 Å². The van der Waals surface area contributed by atoms with Crippen LogP contribution in [-0.2, 0) is 4.74 Å². The molecule has 0 amide bonds. The number of hydrogen-bond donors (Lipinski definition) is 2. The minimum Gasteiger partial charge on any atom is -0.497 e. The molecule has 1 atom stereocenters. The molecule has 2 aromatic rings. The predicted molar refractivity (Wildman–Crippen MR) is 105 cm³/mol. The van der Waals surface area contributed by atoms with Crippen molar-refractivity contribution in [3.8, 4) is 11.5 Å². The summed E-state index contributed by atoms with van der Waals surface area (Å²) in [6.07, 6.45) is 0. The normalized spacial score (nSPS) is 11.2. The number of hydrogen-bond acceptors (Lipinski definition) is 5. The summed E-state index contributed by atoms with van der Waals surface area (Å²) in [5, 5.41) is 6.63. The number of esters is 1. The number of nitrogens with one attached hydrogen (secondary N) is 2. The lowest BCUT2D eigenvalue weighted by molar-refractivity contribution is 0.0601. The smallest absolute Gasteiger partial charge is 0.337 e. The molecule has 0 heterocycles. The molecule has 7 heteroatoms. The monoisotopic (exact) mass is 374 g/mol. The molecule has 138 valence electrons. The van der Waals surface area contributed by atoms with Crippen molar-refractivity contribution in [2.75, 3.05) is 26.1 Å². The largest absolute Gasteiger partial charge is 0.497 e. The molecule has 0 radical (unpaired) electrons. The zero-order valence-corrected chi connectivity index (χ0v) is 15.8. The minimum absolute atomic E-state index is 0.0131. The number of ether oxygens (including phenoxy) is 3. The maximum Gasteiger partial charge on any atom is 0.337 e. The van der Waals surface area contributed by atoms with Crippen molar-refractivity contribution in [1.82, 2.24) is 5.32 Å². The molecule has 0 aliphatic rings. The van der Waals surface area contributed by atoms with Crippen molar-refractivity contribution >= 4 is 29.0 Å². The van der Waals surface area contributed by atoms with Crippen molar-refractivity contribution in [3.05, 3.63) is 54.1 Å². The number of carbonyl (C=O) groups is 1. The van der Waals surface area contributed by atoms with Gasteiger partial charge in [-0.1, -0.05) is 6.07 Å². The fourth-order valence-corrected chi connectivity index (χ4v) is 2.49. The molecule has 2 N–H and O–H groups in total. The molecule has 2 aromatic carbocycles. The second-order valence-electron chi connectivity index (χ2n) is 5.56. The first-order valence-corrected chi connectivity index (χ1v) is 8.45. The van der Waals surface area contributed by atoms with Crippen LogP contribution in [0.4, 0.5) is 5.69 Å². The van der Waals surface area contributed by atoms with Gasteiger partial charge in [0.1, 0.15) is 18.1 Å². The number of anilines is 1. The van der Waals surface area contributed by atoms with Gasteiger partial charge in [0.2, 0.25) is 0 Å². The summed E-state index contributed by atoms with van der Waals surface area (Å²) in [5.74, 6) is 1.14. The Kier molecular flexibility index (Phi) is 7.23. The first-order valence-electron chi connectivity index (χ1n) is 8.04. The van der Waals surface area contributed by atoms with E-state index in [2.05, 4.69) is 10.6 Å². The van der Waals surface area contributed by atoms with E-state index in [9.17, 15) is 4.79 Å². The molecule has 6 nitrogen and oxygen atoms in total. The van der Waals surface area contributed by atoms with Crippen molar-refractivity contribution < 1.29 is 19.0 Å². The SMILES string of the molecule is COC(=O)c1cccc(NC(=S)N[C@H](C)COc2ccc(OC)cc2)c1. The summed E-state index contributed by atoms with van der Waals surface area (Å²) in [4.78, 5) is 11.6. The average molecular weight is 374 g/mol. The van der Waals surface area contributed by atoms with Gasteiger partial charge in [0.05, 0.1) is 25.8 Å². The van der Waals surface area contributed by atoms with E-state index >= 15 is 0 Å². The van der Waals surface area contributed by atoms with Crippen LogP contribution in [0.2, 0.25) is 0 Å². The van der Waals surface area contributed by atoms with E-state index in [0.717, 1.165) is 11.5 Å². The Labute approximate surface area is 158 Å². The van der Waals surface area contributed by atoms with Gasteiger partial charge in [-0.05, 0) is 61.6 Å². The molecule has 0 saturated heterocycles. The standard InChI is InChI=1S/C19H22N2O4S/c1-13(12-25-17-9-7-16(23-2)8-10-17)20-19(26)21-15-6-4-5-14(11-15)18(22)24-3/h4-11,13H,12H2,1-3H3,(H2,20,21,26)/t13-/m1/s1. The number of methoxy groups -OCH3 is 2. The topological polar surface area (TPSA) is 68.8 Å². The van der Waals surface area contributed by atoms with Crippen molar-refractivity contribution in [1.29, 1.82) is 0 Å². The van der Waals surface area contributed by atoms with Gasteiger partial charge < -0.3 is 24.8 Å². The zero-order valence-electron chi connectivity index (χ0n) is 14.9. The van der Waals surface area contributed by atoms with E-state index < -0.39 is 5.97 Å². The molecule has 2 rings (SSSR count). The van der Waals surface area contributed by atoms with Crippen molar-refractivity contribution in [2.24, 2.45) is 0 Å². The first kappa shape index (κ1) is 19.5. The van der Waals surface area contributed by atoms with Crippen molar-refractivity contribution in [2.45, 2.75) is 13.0 Å². The van der Waals surface area contributed by atoms with Crippen LogP contribution in [0.15, 0.2) is 48.5 Å². The van der Waals surface area contributed by atoms with Gasteiger partial charge in [-0.15, -0.1) is 0 Å². The molecular weight excluding hydrogens is 352 g/mol. The van der Waals surface area contributed by atoms with Gasteiger partial charge >= 0.3 is 5.97 Å². The second-order valence-corrected chi connectivity index (χ2v) is 5.97. The highest BCUT2D eigenvalue weighted by atomic mass is 32.1. The molecule has 26 heavy (non-hydrogen) atoms. The third-order valence-corrected chi connectivity index (χ3v) is 3.70. The van der Waals surface area contributed by atoms with Crippen LogP contribution in [0.5, 0.6) is 11.5 Å². The molecule has 0 fully saturated rings. The first-order chi connectivity index (χ1) is 12.5. The summed E-state index contributed by atoms with van der Waals surface area (Å²) in [7, 11) is 2.97. The van der Waals surface area contributed by atoms with Crippen LogP contribution in [0.25, 0.3) is 0 Å². The van der Waals surface area contributed by atoms with Gasteiger partial charge in [0.25, 0.3) is 0 Å². The highest BCUT2D eigenvalue weighted by Gasteiger charge is 2.08. The molecule has 0 aliphatic heterocycles. The second kappa shape index (κ2) is 9.62. The summed E-state index contributed by atoms with van der Waals surface area (Å²) in [6, 6.07) is 14.3. The Balaban J connectivity index is 1.82. The summed E-state index contributed by atoms with van der Waals surface area (Å²) in [6.45, 7) is 2.40. The predicted octanol–water partition coefficient (Wildman–Crippen LogP) is 3.24. The molecular formula is C19H22N2O4S. The number of carbonyl (C=O) groups excluding carboxylic acids is 1. The lowest BCUT2D eigenvalue weighted by atomic mass is 10.2. The molecule has 0 saturated carbocycles. The minimum atomic E-state index is -0.395. The number of rotatable bonds is 7. The van der Waals surface area contributed by atoms with Crippen LogP contribution in [0.1, 0.15) is 17.3 Å². The highest BCUT2D eigenvalue weighted by molar-refractivity contribution is 7.80. The zero-order chi connectivity index (χ0) is 18.9. The van der Waals surface area contributed by atoms with E-state index in [1.54, 1.807) is 25.3 Å². The third kappa shape index (κ3) is 5.93. The molecule has 0 bridgehead atoms. The van der Waals surface area contributed by atoms with Crippen LogP contribution >= 0.6 is 12.2 Å². The summed E-state index contributed by atoms with van der Waals surface area (Å²) in [5.41, 5.74) is 1.16. The summed E-state index contributed by atoms with van der Waals surface area (Å²) >= 11 is 5.30. The van der Waals surface area contributed by atoms with Crippen LogP contribution < -0.4 is 20.1 Å². The van der Waals surface area contributed by atoms with E-state index in [0.29, 0.717) is 23.0 Å². The summed E-state index contributed by atoms with van der Waals surface area (Å²) < 4.78 is 15.5. The fraction of sp³-hybridized carbons (Fsp3) is 0.263. The van der Waals surface area contributed by atoms with Crippen molar-refractivity contribution in [3.63, 3.8) is 0 Å². The van der Waals surface area contributed by atoms with Crippen LogP contribution in [0.3, 0.4) is 0 Å². The lowest BCUT2D eigenvalue weighted by Crippen LogP contribution is -2.39. The Hall–Kier alpha value is -2.80. The number of thiocarbonyl (C=S) groups is 1. The molecule has 0 aliphatic carbocycles. The van der Waals surface area contributed by atoms with E-state index in [1.807, 2.05) is 37.3 Å². The van der Waals surface area contributed by atoms with E-state index in [4.69, 9.17) is 26.4 Å². The maximum atomic E-state index is 11.6.